The van der Waals surface area contributed by atoms with Crippen LogP contribution in [-0.2, 0) is 6.42 Å². The summed E-state index contributed by atoms with van der Waals surface area (Å²) in [4.78, 5) is 8.16. The Morgan fingerprint density at radius 1 is 1.33 bits per heavy atom. The van der Waals surface area contributed by atoms with Crippen LogP contribution in [0.15, 0.2) is 30.6 Å². The molecule has 1 aromatic heterocycles. The van der Waals surface area contributed by atoms with Crippen LogP contribution in [0.3, 0.4) is 0 Å². The molecule has 1 unspecified atom stereocenters. The van der Waals surface area contributed by atoms with Crippen molar-refractivity contribution in [1.29, 1.82) is 0 Å². The lowest BCUT2D eigenvalue weighted by Crippen LogP contribution is -2.05. The molecule has 2 rings (SSSR count). The van der Waals surface area contributed by atoms with Crippen LogP contribution in [0.5, 0.6) is 0 Å². The molecule has 5 heteroatoms. The number of hydrogen-bond donors (Lipinski definition) is 1. The van der Waals surface area contributed by atoms with Crippen LogP contribution in [0.25, 0.3) is 0 Å². The third-order valence-corrected chi connectivity index (χ3v) is 2.85. The summed E-state index contributed by atoms with van der Waals surface area (Å²) in [5.74, 6) is -0.468. The average molecular weight is 267 g/mol. The Kier molecular flexibility index (Phi) is 3.89. The number of hydrogen-bond acceptors (Lipinski definition) is 3. The van der Waals surface area contributed by atoms with E-state index >= 15 is 0 Å². The molecule has 2 aromatic rings. The Morgan fingerprint density at radius 2 is 2.11 bits per heavy atom. The van der Waals surface area contributed by atoms with Crippen LogP contribution in [0.1, 0.15) is 23.1 Å². The van der Waals surface area contributed by atoms with E-state index in [2.05, 4.69) is 9.97 Å². The molecule has 1 atom stereocenters. The van der Waals surface area contributed by atoms with E-state index < -0.39 is 11.9 Å². The largest absolute Gasteiger partial charge is 0.386 e. The van der Waals surface area contributed by atoms with Crippen LogP contribution in [0.2, 0.25) is 5.02 Å². The first-order valence-electron chi connectivity index (χ1n) is 5.47. The second-order valence-electron chi connectivity index (χ2n) is 4.05. The van der Waals surface area contributed by atoms with E-state index in [0.29, 0.717) is 12.1 Å². The van der Waals surface area contributed by atoms with Crippen LogP contribution < -0.4 is 0 Å². The second-order valence-corrected chi connectivity index (χ2v) is 4.46. The van der Waals surface area contributed by atoms with Crippen LogP contribution in [-0.4, -0.2) is 15.1 Å². The van der Waals surface area contributed by atoms with E-state index in [0.717, 1.165) is 11.3 Å². The van der Waals surface area contributed by atoms with Crippen LogP contribution in [0.4, 0.5) is 4.39 Å². The van der Waals surface area contributed by atoms with Crippen molar-refractivity contribution < 1.29 is 9.50 Å². The predicted molar refractivity (Wildman–Crippen MR) is 66.8 cm³/mol. The molecule has 0 amide bonds. The highest BCUT2D eigenvalue weighted by Crippen LogP contribution is 2.20. The molecular formula is C13H12ClFN2O. The molecule has 1 aromatic carbocycles. The van der Waals surface area contributed by atoms with E-state index in [1.54, 1.807) is 12.3 Å². The molecule has 0 spiro atoms. The van der Waals surface area contributed by atoms with E-state index in [4.69, 9.17) is 11.6 Å². The molecule has 3 nitrogen and oxygen atoms in total. The van der Waals surface area contributed by atoms with Crippen molar-refractivity contribution in [1.82, 2.24) is 9.97 Å². The van der Waals surface area contributed by atoms with Gasteiger partial charge in [-0.1, -0.05) is 17.7 Å². The smallest absolute Gasteiger partial charge is 0.141 e. The summed E-state index contributed by atoms with van der Waals surface area (Å²) in [5.41, 5.74) is 2.02. The zero-order valence-corrected chi connectivity index (χ0v) is 10.5. The number of aryl methyl sites for hydroxylation is 1. The topological polar surface area (TPSA) is 46.0 Å². The fourth-order valence-electron chi connectivity index (χ4n) is 1.57. The standard InChI is InChI=1S/C13H12ClFN2O/c1-8-6-17-12(7-16-8)13(18)5-9-2-3-11(15)10(14)4-9/h2-4,6-7,13,18H,5H2,1H3. The summed E-state index contributed by atoms with van der Waals surface area (Å²) >= 11 is 5.68. The quantitative estimate of drug-likeness (QED) is 0.929. The molecule has 0 bridgehead atoms. The molecule has 0 saturated heterocycles. The van der Waals surface area contributed by atoms with E-state index in [-0.39, 0.29) is 5.02 Å². The summed E-state index contributed by atoms with van der Waals surface area (Å²) in [6.07, 6.45) is 2.67. The maximum absolute atomic E-state index is 13.0. The van der Waals surface area contributed by atoms with Gasteiger partial charge in [0.2, 0.25) is 0 Å². The monoisotopic (exact) mass is 266 g/mol. The maximum Gasteiger partial charge on any atom is 0.141 e. The average Bonchev–Trinajstić information content (AvgIpc) is 2.34. The highest BCUT2D eigenvalue weighted by atomic mass is 35.5. The summed E-state index contributed by atoms with van der Waals surface area (Å²) in [6, 6.07) is 4.37. The Balaban J connectivity index is 2.13. The molecule has 0 radical (unpaired) electrons. The summed E-state index contributed by atoms with van der Waals surface area (Å²) in [6.45, 7) is 1.82. The van der Waals surface area contributed by atoms with Crippen molar-refractivity contribution >= 4 is 11.6 Å². The maximum atomic E-state index is 13.0. The van der Waals surface area contributed by atoms with Gasteiger partial charge in [0.25, 0.3) is 0 Å². The van der Waals surface area contributed by atoms with Gasteiger partial charge in [-0.15, -0.1) is 0 Å². The normalized spacial score (nSPS) is 12.4. The summed E-state index contributed by atoms with van der Waals surface area (Å²) in [5, 5.41) is 10.0. The molecule has 0 aliphatic rings. The van der Waals surface area contributed by atoms with Gasteiger partial charge in [-0.2, -0.15) is 0 Å². The van der Waals surface area contributed by atoms with Crippen LogP contribution in [0, 0.1) is 12.7 Å². The van der Waals surface area contributed by atoms with Gasteiger partial charge in [-0.25, -0.2) is 4.39 Å². The lowest BCUT2D eigenvalue weighted by atomic mass is 10.1. The minimum atomic E-state index is -0.778. The molecule has 0 aliphatic heterocycles. The van der Waals surface area contributed by atoms with Crippen molar-refractivity contribution in [3.05, 3.63) is 58.4 Å². The fraction of sp³-hybridized carbons (Fsp3) is 0.231. The van der Waals surface area contributed by atoms with Gasteiger partial charge in [0.15, 0.2) is 0 Å². The first kappa shape index (κ1) is 12.9. The Bertz CT molecular complexity index is 545. The fourth-order valence-corrected chi connectivity index (χ4v) is 1.77. The zero-order chi connectivity index (χ0) is 13.1. The third kappa shape index (κ3) is 3.03. The zero-order valence-electron chi connectivity index (χ0n) is 9.77. The second kappa shape index (κ2) is 5.42. The van der Waals surface area contributed by atoms with Gasteiger partial charge in [-0.05, 0) is 24.6 Å². The van der Waals surface area contributed by atoms with Crippen molar-refractivity contribution in [3.63, 3.8) is 0 Å². The minimum Gasteiger partial charge on any atom is -0.386 e. The molecule has 1 heterocycles. The minimum absolute atomic E-state index is 0.0506. The Hall–Kier alpha value is -1.52. The molecule has 0 saturated carbocycles. The van der Waals surface area contributed by atoms with E-state index in [9.17, 15) is 9.50 Å². The van der Waals surface area contributed by atoms with Gasteiger partial charge in [0.1, 0.15) is 11.9 Å². The number of benzene rings is 1. The SMILES string of the molecule is Cc1cnc(C(O)Cc2ccc(F)c(Cl)c2)cn1. The Labute approximate surface area is 109 Å². The van der Waals surface area contributed by atoms with Crippen molar-refractivity contribution in [2.45, 2.75) is 19.4 Å². The van der Waals surface area contributed by atoms with Gasteiger partial charge in [0.05, 0.1) is 22.6 Å². The first-order valence-corrected chi connectivity index (χ1v) is 5.84. The molecule has 1 N–H and O–H groups in total. The van der Waals surface area contributed by atoms with Gasteiger partial charge >= 0.3 is 0 Å². The van der Waals surface area contributed by atoms with E-state index in [1.165, 1.54) is 18.3 Å². The van der Waals surface area contributed by atoms with Crippen molar-refractivity contribution in [3.8, 4) is 0 Å². The van der Waals surface area contributed by atoms with Gasteiger partial charge in [0, 0.05) is 12.6 Å². The number of halogens is 2. The highest BCUT2D eigenvalue weighted by molar-refractivity contribution is 6.30. The highest BCUT2D eigenvalue weighted by Gasteiger charge is 2.11. The molecule has 18 heavy (non-hydrogen) atoms. The van der Waals surface area contributed by atoms with E-state index in [1.807, 2.05) is 6.92 Å². The molecule has 94 valence electrons. The lowest BCUT2D eigenvalue weighted by Gasteiger charge is -2.10. The number of aliphatic hydroxyl groups is 1. The number of aromatic nitrogens is 2. The summed E-state index contributed by atoms with van der Waals surface area (Å²) < 4.78 is 13.0. The number of rotatable bonds is 3. The van der Waals surface area contributed by atoms with Gasteiger partial charge < -0.3 is 5.11 Å². The Morgan fingerprint density at radius 3 is 2.72 bits per heavy atom. The third-order valence-electron chi connectivity index (χ3n) is 2.56. The predicted octanol–water partition coefficient (Wildman–Crippen LogP) is 2.85. The number of aliphatic hydroxyl groups excluding tert-OH is 1. The lowest BCUT2D eigenvalue weighted by molar-refractivity contribution is 0.173. The molecular weight excluding hydrogens is 255 g/mol. The number of nitrogens with zero attached hydrogens (tertiary/aromatic N) is 2. The molecule has 0 fully saturated rings. The first-order chi connectivity index (χ1) is 8.56. The van der Waals surface area contributed by atoms with Gasteiger partial charge in [-0.3, -0.25) is 9.97 Å². The van der Waals surface area contributed by atoms with Crippen molar-refractivity contribution in [2.75, 3.05) is 0 Å². The summed E-state index contributed by atoms with van der Waals surface area (Å²) in [7, 11) is 0. The van der Waals surface area contributed by atoms with Crippen LogP contribution >= 0.6 is 11.6 Å². The van der Waals surface area contributed by atoms with Crippen molar-refractivity contribution in [2.24, 2.45) is 0 Å². The molecule has 0 aliphatic carbocycles.